The zero-order valence-corrected chi connectivity index (χ0v) is 13.2. The van der Waals surface area contributed by atoms with E-state index in [2.05, 4.69) is 48.5 Å². The molecule has 0 aliphatic heterocycles. The van der Waals surface area contributed by atoms with Gasteiger partial charge in [0.25, 0.3) is 0 Å². The fourth-order valence-corrected chi connectivity index (χ4v) is 2.17. The Morgan fingerprint density at radius 1 is 1.15 bits per heavy atom. The van der Waals surface area contributed by atoms with Crippen LogP contribution in [0.2, 0.25) is 0 Å². The molecule has 1 aromatic rings. The molecule has 1 heterocycles. The van der Waals surface area contributed by atoms with Crippen molar-refractivity contribution in [1.82, 2.24) is 14.9 Å². The van der Waals surface area contributed by atoms with Crippen molar-refractivity contribution in [1.29, 1.82) is 0 Å². The predicted octanol–water partition coefficient (Wildman–Crippen LogP) is 2.46. The Balaban J connectivity index is 2.05. The first-order valence-corrected chi connectivity index (χ1v) is 7.62. The molecule has 1 aliphatic rings. The Labute approximate surface area is 122 Å². The molecule has 5 heteroatoms. The van der Waals surface area contributed by atoms with Gasteiger partial charge < -0.3 is 15.5 Å². The van der Waals surface area contributed by atoms with Crippen molar-refractivity contribution in [2.24, 2.45) is 0 Å². The minimum Gasteiger partial charge on any atom is -0.370 e. The number of aromatic nitrogens is 2. The molecule has 0 bridgehead atoms. The van der Waals surface area contributed by atoms with Crippen LogP contribution in [0.4, 0.5) is 11.6 Å². The summed E-state index contributed by atoms with van der Waals surface area (Å²) in [6.45, 7) is 7.12. The van der Waals surface area contributed by atoms with Crippen LogP contribution in [0, 0.1) is 6.92 Å². The molecule has 0 saturated heterocycles. The summed E-state index contributed by atoms with van der Waals surface area (Å²) in [5, 5.41) is 6.82. The summed E-state index contributed by atoms with van der Waals surface area (Å²) in [6, 6.07) is 0. The number of nitrogens with zero attached hydrogens (tertiary/aromatic N) is 3. The summed E-state index contributed by atoms with van der Waals surface area (Å²) in [4.78, 5) is 11.6. The van der Waals surface area contributed by atoms with Crippen LogP contribution < -0.4 is 10.6 Å². The van der Waals surface area contributed by atoms with Crippen molar-refractivity contribution in [3.05, 3.63) is 11.4 Å². The predicted molar refractivity (Wildman–Crippen MR) is 84.6 cm³/mol. The summed E-state index contributed by atoms with van der Waals surface area (Å²) in [7, 11) is 4.20. The lowest BCUT2D eigenvalue weighted by molar-refractivity contribution is 0.405. The molecule has 20 heavy (non-hydrogen) atoms. The molecule has 1 saturated carbocycles. The molecule has 5 nitrogen and oxygen atoms in total. The van der Waals surface area contributed by atoms with Gasteiger partial charge in [-0.2, -0.15) is 0 Å². The van der Waals surface area contributed by atoms with E-state index in [4.69, 9.17) is 4.98 Å². The Morgan fingerprint density at radius 2 is 1.80 bits per heavy atom. The van der Waals surface area contributed by atoms with Crippen LogP contribution in [0.25, 0.3) is 0 Å². The summed E-state index contributed by atoms with van der Waals surface area (Å²) < 4.78 is 0. The van der Waals surface area contributed by atoms with E-state index in [1.54, 1.807) is 0 Å². The van der Waals surface area contributed by atoms with E-state index in [0.29, 0.717) is 5.92 Å². The molecular formula is C15H27N5. The van der Waals surface area contributed by atoms with Gasteiger partial charge in [0.15, 0.2) is 0 Å². The Kier molecular flexibility index (Phi) is 5.17. The van der Waals surface area contributed by atoms with Crippen LogP contribution in [0.5, 0.6) is 0 Å². The van der Waals surface area contributed by atoms with Gasteiger partial charge in [0.05, 0.1) is 0 Å². The van der Waals surface area contributed by atoms with E-state index in [1.807, 2.05) is 0 Å². The average Bonchev–Trinajstić information content (AvgIpc) is 3.22. The van der Waals surface area contributed by atoms with Crippen LogP contribution >= 0.6 is 0 Å². The molecule has 0 atom stereocenters. The van der Waals surface area contributed by atoms with Crippen LogP contribution in [0.1, 0.15) is 43.5 Å². The third kappa shape index (κ3) is 4.07. The first kappa shape index (κ1) is 15.0. The fourth-order valence-electron chi connectivity index (χ4n) is 2.17. The van der Waals surface area contributed by atoms with Crippen molar-refractivity contribution < 1.29 is 0 Å². The smallest absolute Gasteiger partial charge is 0.136 e. The highest BCUT2D eigenvalue weighted by atomic mass is 15.1. The highest BCUT2D eigenvalue weighted by molar-refractivity contribution is 5.57. The monoisotopic (exact) mass is 277 g/mol. The van der Waals surface area contributed by atoms with Gasteiger partial charge in [0.1, 0.15) is 17.5 Å². The molecular weight excluding hydrogens is 250 g/mol. The second-order valence-electron chi connectivity index (χ2n) is 5.79. The molecule has 1 aromatic heterocycles. The van der Waals surface area contributed by atoms with Crippen molar-refractivity contribution in [3.63, 3.8) is 0 Å². The molecule has 0 aromatic carbocycles. The first-order valence-electron chi connectivity index (χ1n) is 7.62. The number of hydrogen-bond acceptors (Lipinski definition) is 5. The van der Waals surface area contributed by atoms with E-state index >= 15 is 0 Å². The highest BCUT2D eigenvalue weighted by Crippen LogP contribution is 2.39. The maximum absolute atomic E-state index is 4.72. The largest absolute Gasteiger partial charge is 0.370 e. The minimum absolute atomic E-state index is 0.579. The van der Waals surface area contributed by atoms with E-state index in [0.717, 1.165) is 49.1 Å². The van der Waals surface area contributed by atoms with Crippen LogP contribution in [0.3, 0.4) is 0 Å². The van der Waals surface area contributed by atoms with Crippen molar-refractivity contribution in [2.45, 2.75) is 39.0 Å². The molecule has 1 fully saturated rings. The van der Waals surface area contributed by atoms with Crippen LogP contribution in [-0.4, -0.2) is 48.6 Å². The summed E-state index contributed by atoms with van der Waals surface area (Å²) in [5.41, 5.74) is 1.13. The third-order valence-electron chi connectivity index (χ3n) is 3.52. The van der Waals surface area contributed by atoms with E-state index in [1.165, 1.54) is 12.8 Å². The molecule has 112 valence electrons. The molecule has 0 amide bonds. The van der Waals surface area contributed by atoms with Crippen LogP contribution in [-0.2, 0) is 0 Å². The van der Waals surface area contributed by atoms with Crippen molar-refractivity contribution in [3.8, 4) is 0 Å². The van der Waals surface area contributed by atoms with E-state index in [-0.39, 0.29) is 0 Å². The molecule has 0 spiro atoms. The normalized spacial score (nSPS) is 14.7. The molecule has 1 aliphatic carbocycles. The first-order chi connectivity index (χ1) is 9.61. The van der Waals surface area contributed by atoms with Gasteiger partial charge in [-0.3, -0.25) is 0 Å². The molecule has 2 rings (SSSR count). The standard InChI is InChI=1S/C15H27N5/c1-5-16-13-11(2)14(17-9-6-10-20(3)4)19-15(18-13)12-7-8-12/h12H,5-10H2,1-4H3,(H2,16,17,18,19). The number of anilines is 2. The lowest BCUT2D eigenvalue weighted by Gasteiger charge is -2.15. The third-order valence-corrected chi connectivity index (χ3v) is 3.52. The Hall–Kier alpha value is -1.36. The maximum Gasteiger partial charge on any atom is 0.136 e. The SMILES string of the molecule is CCNc1nc(C2CC2)nc(NCCCN(C)C)c1C. The zero-order chi connectivity index (χ0) is 14.5. The lowest BCUT2D eigenvalue weighted by Crippen LogP contribution is -2.17. The maximum atomic E-state index is 4.72. The average molecular weight is 277 g/mol. The highest BCUT2D eigenvalue weighted by Gasteiger charge is 2.28. The Morgan fingerprint density at radius 3 is 2.35 bits per heavy atom. The van der Waals surface area contributed by atoms with Gasteiger partial charge in [0, 0.05) is 24.6 Å². The van der Waals surface area contributed by atoms with Gasteiger partial charge in [-0.25, -0.2) is 9.97 Å². The molecule has 0 radical (unpaired) electrons. The van der Waals surface area contributed by atoms with Gasteiger partial charge >= 0.3 is 0 Å². The number of nitrogens with one attached hydrogen (secondary N) is 2. The van der Waals surface area contributed by atoms with Crippen molar-refractivity contribution in [2.75, 3.05) is 44.4 Å². The molecule has 2 N–H and O–H groups in total. The van der Waals surface area contributed by atoms with Gasteiger partial charge in [0.2, 0.25) is 0 Å². The quantitative estimate of drug-likeness (QED) is 0.715. The fraction of sp³-hybridized carbons (Fsp3) is 0.733. The Bertz CT molecular complexity index is 440. The van der Waals surface area contributed by atoms with Gasteiger partial charge in [-0.1, -0.05) is 0 Å². The topological polar surface area (TPSA) is 53.1 Å². The lowest BCUT2D eigenvalue weighted by atomic mass is 10.2. The summed E-state index contributed by atoms with van der Waals surface area (Å²) in [5.74, 6) is 3.56. The second kappa shape index (κ2) is 6.88. The zero-order valence-electron chi connectivity index (χ0n) is 13.2. The van der Waals surface area contributed by atoms with E-state index in [9.17, 15) is 0 Å². The molecule has 0 unspecified atom stereocenters. The minimum atomic E-state index is 0.579. The van der Waals surface area contributed by atoms with Gasteiger partial charge in [-0.15, -0.1) is 0 Å². The van der Waals surface area contributed by atoms with E-state index < -0.39 is 0 Å². The second-order valence-corrected chi connectivity index (χ2v) is 5.79. The summed E-state index contributed by atoms with van der Waals surface area (Å²) in [6.07, 6.45) is 3.58. The number of rotatable bonds is 8. The van der Waals surface area contributed by atoms with Crippen molar-refractivity contribution >= 4 is 11.6 Å². The summed E-state index contributed by atoms with van der Waals surface area (Å²) >= 11 is 0. The van der Waals surface area contributed by atoms with Crippen LogP contribution in [0.15, 0.2) is 0 Å². The number of hydrogen-bond donors (Lipinski definition) is 2. The van der Waals surface area contributed by atoms with Gasteiger partial charge in [-0.05, 0) is 53.8 Å².